The Morgan fingerprint density at radius 3 is 1.78 bits per heavy atom. The minimum Gasteiger partial charge on any atom is -0.258 e. The molecule has 94 valence electrons. The van der Waals surface area contributed by atoms with Crippen LogP contribution in [0.25, 0.3) is 0 Å². The lowest BCUT2D eigenvalue weighted by Crippen LogP contribution is -2.01. The fraction of sp³-hybridized carbons (Fsp3) is 0.500. The second-order valence-electron chi connectivity index (χ2n) is 5.04. The highest BCUT2D eigenvalue weighted by atomic mass is 16.6. The predicted molar refractivity (Wildman–Crippen MR) is 63.7 cm³/mol. The Kier molecular flexibility index (Phi) is 2.33. The lowest BCUT2D eigenvalue weighted by Gasteiger charge is -2.17. The van der Waals surface area contributed by atoms with Crippen LogP contribution in [0.2, 0.25) is 0 Å². The van der Waals surface area contributed by atoms with E-state index in [2.05, 4.69) is 0 Å². The van der Waals surface area contributed by atoms with Gasteiger partial charge >= 0.3 is 11.4 Å². The third-order valence-electron chi connectivity index (χ3n) is 4.13. The van der Waals surface area contributed by atoms with E-state index in [0.717, 1.165) is 36.8 Å². The van der Waals surface area contributed by atoms with Gasteiger partial charge in [-0.05, 0) is 42.2 Å². The van der Waals surface area contributed by atoms with Gasteiger partial charge in [0.15, 0.2) is 0 Å². The van der Waals surface area contributed by atoms with Crippen molar-refractivity contribution in [3.63, 3.8) is 0 Å². The number of rotatable bonds is 2. The summed E-state index contributed by atoms with van der Waals surface area (Å²) in [4.78, 5) is 20.5. The van der Waals surface area contributed by atoms with E-state index in [1.165, 1.54) is 12.1 Å². The van der Waals surface area contributed by atoms with E-state index in [9.17, 15) is 20.2 Å². The number of fused-ring (bicyclic) bond motifs is 5. The van der Waals surface area contributed by atoms with Crippen LogP contribution in [0.3, 0.4) is 0 Å². The summed E-state index contributed by atoms with van der Waals surface area (Å²) >= 11 is 0. The first kappa shape index (κ1) is 11.1. The number of nitrogens with zero attached hydrogens (tertiary/aromatic N) is 2. The van der Waals surface area contributed by atoms with Crippen molar-refractivity contribution in [2.75, 3.05) is 0 Å². The number of hydrogen-bond donors (Lipinski definition) is 0. The molecule has 18 heavy (non-hydrogen) atoms. The standard InChI is InChI=1S/C12H12N2O4/c15-13(16)11-5-9-7-2-1-3-8(4-7)10(9)6-12(11)14(17)18/h5-8H,1-4H2/t7-,8?/m0/s1. The molecule has 1 aromatic rings. The summed E-state index contributed by atoms with van der Waals surface area (Å²) in [6.07, 6.45) is 4.18. The first-order valence-corrected chi connectivity index (χ1v) is 6.04. The van der Waals surface area contributed by atoms with Crippen molar-refractivity contribution >= 4 is 11.4 Å². The van der Waals surface area contributed by atoms with E-state index in [1.54, 1.807) is 0 Å². The maximum Gasteiger partial charge on any atom is 0.346 e. The molecule has 1 fully saturated rings. The molecular formula is C12H12N2O4. The van der Waals surface area contributed by atoms with Crippen molar-refractivity contribution < 1.29 is 9.85 Å². The van der Waals surface area contributed by atoms with Crippen molar-refractivity contribution in [3.8, 4) is 0 Å². The van der Waals surface area contributed by atoms with Gasteiger partial charge in [0.2, 0.25) is 0 Å². The van der Waals surface area contributed by atoms with E-state index >= 15 is 0 Å². The zero-order valence-corrected chi connectivity index (χ0v) is 9.67. The fourth-order valence-corrected chi connectivity index (χ4v) is 3.36. The van der Waals surface area contributed by atoms with Crippen LogP contribution in [0, 0.1) is 20.2 Å². The summed E-state index contributed by atoms with van der Waals surface area (Å²) in [5, 5.41) is 21.8. The number of benzene rings is 1. The van der Waals surface area contributed by atoms with E-state index in [1.807, 2.05) is 0 Å². The van der Waals surface area contributed by atoms with Gasteiger partial charge in [0.1, 0.15) is 0 Å². The van der Waals surface area contributed by atoms with Gasteiger partial charge in [-0.3, -0.25) is 20.2 Å². The van der Waals surface area contributed by atoms with Crippen LogP contribution in [0.5, 0.6) is 0 Å². The van der Waals surface area contributed by atoms with Crippen LogP contribution < -0.4 is 0 Å². The maximum atomic E-state index is 10.9. The molecule has 0 radical (unpaired) electrons. The molecule has 6 heteroatoms. The van der Waals surface area contributed by atoms with Crippen LogP contribution in [0.4, 0.5) is 11.4 Å². The number of nitro groups is 2. The van der Waals surface area contributed by atoms with Gasteiger partial charge in [0.05, 0.1) is 9.85 Å². The molecule has 0 N–H and O–H groups in total. The highest BCUT2D eigenvalue weighted by Gasteiger charge is 2.38. The molecule has 2 aliphatic rings. The third kappa shape index (κ3) is 1.48. The largest absolute Gasteiger partial charge is 0.346 e. The number of hydrogen-bond acceptors (Lipinski definition) is 4. The highest BCUT2D eigenvalue weighted by Crippen LogP contribution is 2.52. The van der Waals surface area contributed by atoms with Gasteiger partial charge in [-0.25, -0.2) is 0 Å². The minimum absolute atomic E-state index is 0.359. The third-order valence-corrected chi connectivity index (χ3v) is 4.13. The monoisotopic (exact) mass is 248 g/mol. The fourth-order valence-electron chi connectivity index (χ4n) is 3.36. The van der Waals surface area contributed by atoms with E-state index in [4.69, 9.17) is 0 Å². The first-order valence-electron chi connectivity index (χ1n) is 6.04. The Labute approximate surface area is 103 Å². The Hall–Kier alpha value is -1.98. The Morgan fingerprint density at radius 1 is 0.944 bits per heavy atom. The molecule has 3 rings (SSSR count). The smallest absolute Gasteiger partial charge is 0.258 e. The Balaban J connectivity index is 2.20. The summed E-state index contributed by atoms with van der Waals surface area (Å²) < 4.78 is 0. The SMILES string of the molecule is O=[N+]([O-])c1cc2c(cc1[N+](=O)[O-])[C@H]1CCCC2C1. The zero-order valence-electron chi connectivity index (χ0n) is 9.67. The van der Waals surface area contributed by atoms with E-state index in [0.29, 0.717) is 11.8 Å². The van der Waals surface area contributed by atoms with Crippen LogP contribution in [0.15, 0.2) is 12.1 Å². The highest BCUT2D eigenvalue weighted by molar-refractivity contribution is 5.60. The molecular weight excluding hydrogens is 236 g/mol. The van der Waals surface area contributed by atoms with E-state index in [-0.39, 0.29) is 11.4 Å². The minimum atomic E-state index is -0.652. The molecule has 1 saturated carbocycles. The van der Waals surface area contributed by atoms with Crippen LogP contribution in [-0.2, 0) is 0 Å². The molecule has 0 aliphatic heterocycles. The zero-order chi connectivity index (χ0) is 12.9. The quantitative estimate of drug-likeness (QED) is 0.593. The molecule has 0 spiro atoms. The van der Waals surface area contributed by atoms with Gasteiger partial charge in [-0.2, -0.15) is 0 Å². The van der Waals surface area contributed by atoms with Gasteiger partial charge in [-0.1, -0.05) is 6.42 Å². The van der Waals surface area contributed by atoms with Crippen molar-refractivity contribution in [2.45, 2.75) is 37.5 Å². The maximum absolute atomic E-state index is 10.9. The average molecular weight is 248 g/mol. The molecule has 2 bridgehead atoms. The Bertz CT molecular complexity index is 508. The van der Waals surface area contributed by atoms with Gasteiger partial charge in [-0.15, -0.1) is 0 Å². The molecule has 6 nitrogen and oxygen atoms in total. The Morgan fingerprint density at radius 2 is 1.39 bits per heavy atom. The van der Waals surface area contributed by atoms with Crippen molar-refractivity contribution in [2.24, 2.45) is 0 Å². The molecule has 0 amide bonds. The average Bonchev–Trinajstić information content (AvgIpc) is 2.59. The molecule has 1 aromatic carbocycles. The topological polar surface area (TPSA) is 86.3 Å². The molecule has 0 saturated heterocycles. The van der Waals surface area contributed by atoms with Crippen LogP contribution >= 0.6 is 0 Å². The van der Waals surface area contributed by atoms with Crippen molar-refractivity contribution in [3.05, 3.63) is 43.5 Å². The second kappa shape index (κ2) is 3.76. The van der Waals surface area contributed by atoms with Crippen molar-refractivity contribution in [1.29, 1.82) is 0 Å². The summed E-state index contributed by atoms with van der Waals surface area (Å²) in [5.41, 5.74) is 1.20. The first-order chi connectivity index (χ1) is 8.58. The lowest BCUT2D eigenvalue weighted by molar-refractivity contribution is -0.422. The van der Waals surface area contributed by atoms with Crippen LogP contribution in [-0.4, -0.2) is 9.85 Å². The van der Waals surface area contributed by atoms with Gasteiger partial charge < -0.3 is 0 Å². The summed E-state index contributed by atoms with van der Waals surface area (Å²) in [5.74, 6) is 0.719. The lowest BCUT2D eigenvalue weighted by atomic mass is 9.87. The van der Waals surface area contributed by atoms with Crippen LogP contribution in [0.1, 0.15) is 48.6 Å². The normalized spacial score (nSPS) is 24.7. The molecule has 2 atom stereocenters. The summed E-state index contributed by atoms with van der Waals surface area (Å²) in [6, 6.07) is 2.87. The predicted octanol–water partition coefficient (Wildman–Crippen LogP) is 3.26. The summed E-state index contributed by atoms with van der Waals surface area (Å²) in [7, 11) is 0. The second-order valence-corrected chi connectivity index (χ2v) is 5.04. The van der Waals surface area contributed by atoms with Crippen molar-refractivity contribution in [1.82, 2.24) is 0 Å². The number of nitro benzene ring substituents is 2. The van der Waals surface area contributed by atoms with Gasteiger partial charge in [0, 0.05) is 12.1 Å². The molecule has 0 aromatic heterocycles. The van der Waals surface area contributed by atoms with Gasteiger partial charge in [0.25, 0.3) is 0 Å². The molecule has 1 unspecified atom stereocenters. The summed E-state index contributed by atoms with van der Waals surface area (Å²) in [6.45, 7) is 0. The van der Waals surface area contributed by atoms with E-state index < -0.39 is 9.85 Å². The molecule has 2 aliphatic carbocycles. The molecule has 0 heterocycles.